The first-order valence-corrected chi connectivity index (χ1v) is 10.7. The van der Waals surface area contributed by atoms with Crippen LogP contribution in [0.5, 0.6) is 0 Å². The summed E-state index contributed by atoms with van der Waals surface area (Å²) in [6, 6.07) is 15.4. The maximum Gasteiger partial charge on any atom is 0.282 e. The van der Waals surface area contributed by atoms with Crippen molar-refractivity contribution in [1.82, 2.24) is 5.32 Å². The van der Waals surface area contributed by atoms with E-state index in [1.807, 2.05) is 75.4 Å². The van der Waals surface area contributed by atoms with Gasteiger partial charge in [-0.05, 0) is 50.1 Å². The Morgan fingerprint density at radius 1 is 1.16 bits per heavy atom. The van der Waals surface area contributed by atoms with Crippen LogP contribution in [0.25, 0.3) is 6.08 Å². The predicted octanol–water partition coefficient (Wildman–Crippen LogP) is 3.74. The lowest BCUT2D eigenvalue weighted by Gasteiger charge is -2.16. The van der Waals surface area contributed by atoms with E-state index in [9.17, 15) is 9.59 Å². The lowest BCUT2D eigenvalue weighted by molar-refractivity contribution is -0.117. The number of nitrogens with one attached hydrogen (secondary N) is 1. The summed E-state index contributed by atoms with van der Waals surface area (Å²) in [5.74, 6) is 0.775. The first-order chi connectivity index (χ1) is 14.9. The van der Waals surface area contributed by atoms with Gasteiger partial charge in [0.1, 0.15) is 11.5 Å². The van der Waals surface area contributed by atoms with Crippen LogP contribution >= 0.6 is 11.8 Å². The first kappa shape index (κ1) is 20.7. The predicted molar refractivity (Wildman–Crippen MR) is 126 cm³/mol. The Kier molecular flexibility index (Phi) is 5.81. The van der Waals surface area contributed by atoms with Crippen molar-refractivity contribution in [1.29, 1.82) is 0 Å². The van der Waals surface area contributed by atoms with Crippen molar-refractivity contribution in [2.24, 2.45) is 15.2 Å². The monoisotopic (exact) mass is 431 g/mol. The fourth-order valence-electron chi connectivity index (χ4n) is 3.26. The molecule has 156 valence electrons. The summed E-state index contributed by atoms with van der Waals surface area (Å²) >= 11 is 1.33. The molecule has 0 spiro atoms. The Morgan fingerprint density at radius 2 is 1.94 bits per heavy atom. The van der Waals surface area contributed by atoms with E-state index < -0.39 is 0 Å². The van der Waals surface area contributed by atoms with Gasteiger partial charge in [0.05, 0.1) is 17.2 Å². The minimum absolute atomic E-state index is 0.0657. The van der Waals surface area contributed by atoms with Gasteiger partial charge in [0.25, 0.3) is 5.91 Å². The largest absolute Gasteiger partial charge is 0.303 e. The average Bonchev–Trinajstić information content (AvgIpc) is 3.28. The van der Waals surface area contributed by atoms with Gasteiger partial charge in [-0.2, -0.15) is 5.10 Å². The molecule has 0 aromatic heterocycles. The molecule has 2 aliphatic rings. The molecule has 4 rings (SSSR count). The number of thioether (sulfide) groups is 1. The third-order valence-corrected chi connectivity index (χ3v) is 5.66. The van der Waals surface area contributed by atoms with Gasteiger partial charge in [0, 0.05) is 0 Å². The van der Waals surface area contributed by atoms with Gasteiger partial charge in [-0.15, -0.1) is 5.10 Å². The summed E-state index contributed by atoms with van der Waals surface area (Å²) < 4.78 is 0. The third kappa shape index (κ3) is 4.64. The van der Waals surface area contributed by atoms with Crippen molar-refractivity contribution < 1.29 is 9.59 Å². The van der Waals surface area contributed by atoms with Crippen molar-refractivity contribution in [3.63, 3.8) is 0 Å². The highest BCUT2D eigenvalue weighted by Gasteiger charge is 2.28. The smallest absolute Gasteiger partial charge is 0.282 e. The Hall–Kier alpha value is -3.52. The minimum Gasteiger partial charge on any atom is -0.303 e. The van der Waals surface area contributed by atoms with E-state index in [4.69, 9.17) is 0 Å². The molecule has 2 aromatic carbocycles. The summed E-state index contributed by atoms with van der Waals surface area (Å²) in [7, 11) is 0. The molecule has 7 nitrogen and oxygen atoms in total. The summed E-state index contributed by atoms with van der Waals surface area (Å²) in [5, 5.41) is 11.4. The van der Waals surface area contributed by atoms with E-state index in [2.05, 4.69) is 20.5 Å². The molecular formula is C23H21N5O2S. The number of aryl methyl sites for hydroxylation is 1. The van der Waals surface area contributed by atoms with Crippen molar-refractivity contribution in [3.05, 3.63) is 70.9 Å². The molecule has 2 aromatic rings. The maximum atomic E-state index is 13.0. The second kappa shape index (κ2) is 8.69. The van der Waals surface area contributed by atoms with Gasteiger partial charge in [-0.1, -0.05) is 53.7 Å². The zero-order valence-electron chi connectivity index (χ0n) is 17.4. The topological polar surface area (TPSA) is 86.5 Å². The Morgan fingerprint density at radius 3 is 2.61 bits per heavy atom. The second-order valence-electron chi connectivity index (χ2n) is 7.22. The molecule has 0 saturated carbocycles. The number of anilines is 1. The second-order valence-corrected chi connectivity index (χ2v) is 8.18. The van der Waals surface area contributed by atoms with Crippen LogP contribution in [0.3, 0.4) is 0 Å². The highest BCUT2D eigenvalue weighted by Crippen LogP contribution is 2.25. The quantitative estimate of drug-likeness (QED) is 0.454. The number of carbonyl (C=O) groups excluding carboxylic acids is 2. The highest BCUT2D eigenvalue weighted by molar-refractivity contribution is 8.15. The molecule has 1 fully saturated rings. The number of benzene rings is 2. The van der Waals surface area contributed by atoms with Crippen molar-refractivity contribution in [3.8, 4) is 0 Å². The first-order valence-electron chi connectivity index (χ1n) is 9.74. The van der Waals surface area contributed by atoms with E-state index >= 15 is 0 Å². The van der Waals surface area contributed by atoms with Gasteiger partial charge in [-0.3, -0.25) is 14.5 Å². The summed E-state index contributed by atoms with van der Waals surface area (Å²) in [5.41, 5.74) is 4.81. The molecule has 1 saturated heterocycles. The Balaban J connectivity index is 1.52. The van der Waals surface area contributed by atoms with Gasteiger partial charge < -0.3 is 5.32 Å². The summed E-state index contributed by atoms with van der Waals surface area (Å²) in [6.07, 6.45) is 1.81. The molecule has 31 heavy (non-hydrogen) atoms. The molecule has 0 bridgehead atoms. The number of aliphatic imine (C=N–C) groups is 1. The number of hydrogen-bond acceptors (Lipinski definition) is 6. The van der Waals surface area contributed by atoms with Crippen molar-refractivity contribution in [2.45, 2.75) is 20.8 Å². The molecule has 0 radical (unpaired) electrons. The van der Waals surface area contributed by atoms with E-state index in [1.54, 1.807) is 4.90 Å². The molecule has 2 heterocycles. The van der Waals surface area contributed by atoms with Crippen molar-refractivity contribution in [2.75, 3.05) is 10.7 Å². The van der Waals surface area contributed by atoms with Crippen LogP contribution in [0.4, 0.5) is 5.69 Å². The van der Waals surface area contributed by atoms with Crippen LogP contribution < -0.4 is 10.2 Å². The van der Waals surface area contributed by atoms with Gasteiger partial charge in [0.15, 0.2) is 5.17 Å². The highest BCUT2D eigenvalue weighted by atomic mass is 32.2. The fraction of sp³-hybridized carbons (Fsp3) is 0.174. The Bertz CT molecular complexity index is 1180. The Labute approximate surface area is 184 Å². The zero-order valence-corrected chi connectivity index (χ0v) is 18.2. The lowest BCUT2D eigenvalue weighted by atomic mass is 10.1. The summed E-state index contributed by atoms with van der Waals surface area (Å²) in [4.78, 5) is 30.2. The maximum absolute atomic E-state index is 13.0. The number of amidine groups is 2. The number of amides is 2. The van der Waals surface area contributed by atoms with Crippen LogP contribution in [0.1, 0.15) is 30.5 Å². The zero-order chi connectivity index (χ0) is 22.0. The summed E-state index contributed by atoms with van der Waals surface area (Å²) in [6.45, 7) is 5.68. The number of carbonyl (C=O) groups is 2. The van der Waals surface area contributed by atoms with E-state index in [0.717, 1.165) is 22.4 Å². The normalized spacial score (nSPS) is 19.4. The molecule has 8 heteroatoms. The third-order valence-electron chi connectivity index (χ3n) is 4.79. The minimum atomic E-state index is -0.155. The fourth-order valence-corrected chi connectivity index (χ4v) is 3.88. The number of hydrogen-bond donors (Lipinski definition) is 1. The molecule has 1 N–H and O–H groups in total. The van der Waals surface area contributed by atoms with Gasteiger partial charge in [-0.25, -0.2) is 4.99 Å². The van der Waals surface area contributed by atoms with Crippen LogP contribution in [0.15, 0.2) is 69.4 Å². The SMILES string of the molecule is CC1=N/C(=C\c2cccc(C)c2)C(=O)N1c1ccc(/C(C)=N/N=C2/NC(=O)CS2)cc1. The average molecular weight is 432 g/mol. The van der Waals surface area contributed by atoms with Crippen LogP contribution in [0.2, 0.25) is 0 Å². The van der Waals surface area contributed by atoms with Crippen LogP contribution in [0, 0.1) is 6.92 Å². The van der Waals surface area contributed by atoms with E-state index in [1.165, 1.54) is 11.8 Å². The molecule has 2 amide bonds. The van der Waals surface area contributed by atoms with Crippen LogP contribution in [-0.2, 0) is 9.59 Å². The lowest BCUT2D eigenvalue weighted by Crippen LogP contribution is -2.30. The molecular weight excluding hydrogens is 410 g/mol. The standard InChI is InChI=1S/C23H21N5O2S/c1-14-5-4-6-17(11-14)12-20-22(30)28(16(3)24-20)19-9-7-18(8-10-19)15(2)26-27-23-25-21(29)13-31-23/h4-12H,13H2,1-3H3,(H,25,27,29)/b20-12-,26-15+. The van der Waals surface area contributed by atoms with Crippen LogP contribution in [-0.4, -0.2) is 34.3 Å². The van der Waals surface area contributed by atoms with Gasteiger partial charge >= 0.3 is 0 Å². The van der Waals surface area contributed by atoms with Crippen molar-refractivity contribution >= 4 is 52.1 Å². The number of rotatable bonds is 4. The van der Waals surface area contributed by atoms with E-state index in [-0.39, 0.29) is 11.8 Å². The molecule has 0 atom stereocenters. The molecule has 0 unspecified atom stereocenters. The molecule has 0 aliphatic carbocycles. The van der Waals surface area contributed by atoms with E-state index in [0.29, 0.717) is 28.2 Å². The van der Waals surface area contributed by atoms with Gasteiger partial charge in [0.2, 0.25) is 5.91 Å². The molecule has 2 aliphatic heterocycles. The number of nitrogens with zero attached hydrogens (tertiary/aromatic N) is 4.